The van der Waals surface area contributed by atoms with E-state index in [4.69, 9.17) is 28.9 Å². The van der Waals surface area contributed by atoms with Gasteiger partial charge in [-0.1, -0.05) is 0 Å². The van der Waals surface area contributed by atoms with Crippen molar-refractivity contribution in [2.45, 2.75) is 24.1 Å². The van der Waals surface area contributed by atoms with Crippen LogP contribution in [-0.2, 0) is 9.59 Å². The number of carbonyl (C=O) groups excluding carboxylic acids is 2. The molecule has 0 aromatic rings. The van der Waals surface area contributed by atoms with Crippen molar-refractivity contribution in [3.8, 4) is 0 Å². The van der Waals surface area contributed by atoms with Crippen LogP contribution in [0.4, 0.5) is 0 Å². The first-order valence-corrected chi connectivity index (χ1v) is 7.20. The molecule has 0 spiro atoms. The van der Waals surface area contributed by atoms with Gasteiger partial charge < -0.3 is 10.6 Å². The lowest BCUT2D eigenvalue weighted by atomic mass is 10.1. The third kappa shape index (κ3) is 2.98. The lowest BCUT2D eigenvalue weighted by Crippen LogP contribution is -2.41. The molecule has 0 bridgehead atoms. The fourth-order valence-corrected chi connectivity index (χ4v) is 3.23. The first-order chi connectivity index (χ1) is 8.76. The van der Waals surface area contributed by atoms with Crippen molar-refractivity contribution < 1.29 is 9.59 Å². The number of amides is 2. The Kier molecular flexibility index (Phi) is 4.00. The van der Waals surface area contributed by atoms with E-state index in [1.165, 1.54) is 0 Å². The van der Waals surface area contributed by atoms with Crippen LogP contribution < -0.4 is 5.73 Å². The van der Waals surface area contributed by atoms with Gasteiger partial charge in [-0.05, 0) is 19.8 Å². The molecule has 2 aliphatic rings. The first kappa shape index (κ1) is 14.9. The summed E-state index contributed by atoms with van der Waals surface area (Å²) < 4.78 is -0.927. The number of primary amides is 1. The van der Waals surface area contributed by atoms with Crippen molar-refractivity contribution in [1.82, 2.24) is 9.80 Å². The van der Waals surface area contributed by atoms with Gasteiger partial charge in [-0.25, -0.2) is 0 Å². The molecule has 7 heteroatoms. The number of carbonyl (C=O) groups is 2. The van der Waals surface area contributed by atoms with Gasteiger partial charge in [-0.15, -0.1) is 23.2 Å². The molecule has 1 heterocycles. The van der Waals surface area contributed by atoms with Crippen LogP contribution in [-0.4, -0.2) is 58.7 Å². The maximum absolute atomic E-state index is 12.4. The van der Waals surface area contributed by atoms with Crippen LogP contribution in [0.2, 0.25) is 0 Å². The Morgan fingerprint density at radius 1 is 1.21 bits per heavy atom. The summed E-state index contributed by atoms with van der Waals surface area (Å²) in [6, 6.07) is 0. The molecule has 2 rings (SSSR count). The number of hydrogen-bond donors (Lipinski definition) is 1. The van der Waals surface area contributed by atoms with Crippen LogP contribution in [0.3, 0.4) is 0 Å². The summed E-state index contributed by atoms with van der Waals surface area (Å²) in [5, 5.41) is 0. The summed E-state index contributed by atoms with van der Waals surface area (Å²) in [4.78, 5) is 27.1. The molecule has 2 amide bonds. The molecule has 1 atom stereocenters. The molecule has 1 saturated carbocycles. The van der Waals surface area contributed by atoms with Gasteiger partial charge >= 0.3 is 0 Å². The largest absolute Gasteiger partial charge is 0.369 e. The van der Waals surface area contributed by atoms with E-state index < -0.39 is 9.75 Å². The van der Waals surface area contributed by atoms with E-state index >= 15 is 0 Å². The molecule has 0 aromatic heterocycles. The predicted octanol–water partition coefficient (Wildman–Crippen LogP) is 0.590. The van der Waals surface area contributed by atoms with Gasteiger partial charge in [0.2, 0.25) is 11.8 Å². The van der Waals surface area contributed by atoms with E-state index in [0.717, 1.165) is 13.0 Å². The monoisotopic (exact) mass is 307 g/mol. The molecule has 2 fully saturated rings. The summed E-state index contributed by atoms with van der Waals surface area (Å²) in [6.07, 6.45) is 1.33. The third-order valence-corrected chi connectivity index (χ3v) is 5.09. The highest BCUT2D eigenvalue weighted by Gasteiger charge is 2.68. The van der Waals surface area contributed by atoms with E-state index in [2.05, 4.69) is 0 Å². The normalized spacial score (nSPS) is 30.8. The molecular formula is C12H19Cl2N3O2. The van der Waals surface area contributed by atoms with Crippen molar-refractivity contribution in [2.75, 3.05) is 32.7 Å². The van der Waals surface area contributed by atoms with Crippen LogP contribution in [0, 0.1) is 5.41 Å². The quantitative estimate of drug-likeness (QED) is 0.776. The van der Waals surface area contributed by atoms with Crippen LogP contribution in [0.15, 0.2) is 0 Å². The fraction of sp³-hybridized carbons (Fsp3) is 0.833. The van der Waals surface area contributed by atoms with Gasteiger partial charge in [-0.3, -0.25) is 14.5 Å². The molecule has 108 valence electrons. The zero-order valence-electron chi connectivity index (χ0n) is 11.0. The van der Waals surface area contributed by atoms with Crippen molar-refractivity contribution in [1.29, 1.82) is 0 Å². The van der Waals surface area contributed by atoms with Crippen LogP contribution in [0.1, 0.15) is 19.8 Å². The maximum atomic E-state index is 12.4. The average molecular weight is 308 g/mol. The first-order valence-electron chi connectivity index (χ1n) is 6.44. The topological polar surface area (TPSA) is 66.6 Å². The number of alkyl halides is 2. The van der Waals surface area contributed by atoms with Crippen molar-refractivity contribution in [3.05, 3.63) is 0 Å². The van der Waals surface area contributed by atoms with E-state index in [1.54, 1.807) is 11.8 Å². The smallest absolute Gasteiger partial charge is 0.231 e. The van der Waals surface area contributed by atoms with Crippen LogP contribution in [0.25, 0.3) is 0 Å². The minimum Gasteiger partial charge on any atom is -0.369 e. The molecule has 0 aromatic carbocycles. The molecule has 1 aliphatic carbocycles. The molecule has 5 nitrogen and oxygen atoms in total. The second-order valence-corrected chi connectivity index (χ2v) is 7.09. The lowest BCUT2D eigenvalue weighted by Gasteiger charge is -2.25. The lowest BCUT2D eigenvalue weighted by molar-refractivity contribution is -0.136. The van der Waals surface area contributed by atoms with E-state index in [0.29, 0.717) is 26.1 Å². The zero-order valence-corrected chi connectivity index (χ0v) is 12.5. The minimum atomic E-state index is -0.927. The summed E-state index contributed by atoms with van der Waals surface area (Å²) >= 11 is 12.1. The number of halogens is 2. The summed E-state index contributed by atoms with van der Waals surface area (Å²) in [6.45, 7) is 4.74. The number of hydrogen-bond acceptors (Lipinski definition) is 3. The summed E-state index contributed by atoms with van der Waals surface area (Å²) in [5.74, 6) is -0.326. The Morgan fingerprint density at radius 3 is 2.37 bits per heavy atom. The zero-order chi connectivity index (χ0) is 14.3. The van der Waals surface area contributed by atoms with Crippen LogP contribution in [0.5, 0.6) is 0 Å². The third-order valence-electron chi connectivity index (χ3n) is 3.99. The fourth-order valence-electron chi connectivity index (χ4n) is 2.53. The predicted molar refractivity (Wildman–Crippen MR) is 74.0 cm³/mol. The van der Waals surface area contributed by atoms with Gasteiger partial charge in [0, 0.05) is 26.2 Å². The van der Waals surface area contributed by atoms with Gasteiger partial charge in [0.1, 0.15) is 4.33 Å². The summed E-state index contributed by atoms with van der Waals surface area (Å²) in [5.41, 5.74) is 4.53. The van der Waals surface area contributed by atoms with E-state index in [1.807, 2.05) is 4.90 Å². The van der Waals surface area contributed by atoms with Crippen molar-refractivity contribution in [3.63, 3.8) is 0 Å². The van der Waals surface area contributed by atoms with Gasteiger partial charge in [0.25, 0.3) is 0 Å². The Balaban J connectivity index is 1.93. The SMILES string of the molecule is C[C@]1(C(=O)N2CCCN(CC(N)=O)CC2)CC1(Cl)Cl. The molecule has 19 heavy (non-hydrogen) atoms. The highest BCUT2D eigenvalue weighted by molar-refractivity contribution is 6.53. The molecule has 1 aliphatic heterocycles. The van der Waals surface area contributed by atoms with Gasteiger partial charge in [0.05, 0.1) is 12.0 Å². The Bertz CT molecular complexity index is 402. The molecule has 2 N–H and O–H groups in total. The highest BCUT2D eigenvalue weighted by atomic mass is 35.5. The van der Waals surface area contributed by atoms with E-state index in [9.17, 15) is 9.59 Å². The van der Waals surface area contributed by atoms with E-state index in [-0.39, 0.29) is 18.4 Å². The molecule has 1 saturated heterocycles. The van der Waals surface area contributed by atoms with Crippen molar-refractivity contribution in [2.24, 2.45) is 11.1 Å². The number of nitrogens with two attached hydrogens (primary N) is 1. The minimum absolute atomic E-state index is 0.0124. The molecule has 0 unspecified atom stereocenters. The number of nitrogens with zero attached hydrogens (tertiary/aromatic N) is 2. The summed E-state index contributed by atoms with van der Waals surface area (Å²) in [7, 11) is 0. The Hall–Kier alpha value is -0.520. The molecular weight excluding hydrogens is 289 g/mol. The van der Waals surface area contributed by atoms with Gasteiger partial charge in [0.15, 0.2) is 0 Å². The van der Waals surface area contributed by atoms with Crippen LogP contribution >= 0.6 is 23.2 Å². The average Bonchev–Trinajstić information content (AvgIpc) is 2.90. The Morgan fingerprint density at radius 2 is 1.84 bits per heavy atom. The standard InChI is InChI=1S/C12H19Cl2N3O2/c1-11(8-12(11,13)14)10(19)17-4-2-3-16(5-6-17)7-9(15)18/h2-8H2,1H3,(H2,15,18)/t11-/m1/s1. The second-order valence-electron chi connectivity index (χ2n) is 5.60. The van der Waals surface area contributed by atoms with Gasteiger partial charge in [-0.2, -0.15) is 0 Å². The second kappa shape index (κ2) is 5.11. The highest BCUT2D eigenvalue weighted by Crippen LogP contribution is 2.64. The maximum Gasteiger partial charge on any atom is 0.231 e. The Labute approximate surface area is 123 Å². The van der Waals surface area contributed by atoms with Crippen molar-refractivity contribution >= 4 is 35.0 Å². The molecule has 0 radical (unpaired) electrons. The number of rotatable bonds is 3.